The number of benzene rings is 19. The summed E-state index contributed by atoms with van der Waals surface area (Å²) in [5, 5.41) is 7.04. The predicted molar refractivity (Wildman–Crippen MR) is 589 cm³/mol. The monoisotopic (exact) mass is 1850 g/mol. The van der Waals surface area contributed by atoms with Crippen molar-refractivity contribution in [1.82, 2.24) is 44.4 Å². The van der Waals surface area contributed by atoms with Gasteiger partial charge in [-0.05, 0) is 161 Å². The number of rotatable bonds is 13. The quantitative estimate of drug-likeness (QED) is 0.110. The number of nitrogens with zero attached hydrogens (tertiary/aromatic N) is 9. The van der Waals surface area contributed by atoms with Crippen LogP contribution in [-0.2, 0) is 16.2 Å². The molecule has 6 aromatic heterocycles. The molecule has 0 spiro atoms. The molecule has 19 aromatic carbocycles. The topological polar surface area (TPSA) is 134 Å². The molecular weight excluding hydrogens is 1760 g/mol. The minimum Gasteiger partial charge on any atom is -0.456 e. The fourth-order valence-corrected chi connectivity index (χ4v) is 22.5. The molecule has 11 nitrogen and oxygen atoms in total. The van der Waals surface area contributed by atoms with E-state index in [9.17, 15) is 0 Å². The molecule has 0 unspecified atom stereocenters. The Bertz CT molecular complexity index is 9220. The summed E-state index contributed by atoms with van der Waals surface area (Å²) in [6.45, 7) is 13.9. The van der Waals surface area contributed by atoms with Crippen molar-refractivity contribution in [2.45, 2.75) is 57.8 Å². The highest BCUT2D eigenvalue weighted by Crippen LogP contribution is 2.58. The van der Waals surface area contributed by atoms with Gasteiger partial charge in [0.05, 0.1) is 22.4 Å². The Morgan fingerprint density at radius 1 is 0.188 bits per heavy atom. The van der Waals surface area contributed by atoms with Crippen LogP contribution in [0.25, 0.3) is 240 Å². The molecule has 0 N–H and O–H groups in total. The summed E-state index contributed by atoms with van der Waals surface area (Å²) < 4.78 is 15.1. The van der Waals surface area contributed by atoms with Crippen LogP contribution < -0.4 is 0 Å². The molecule has 0 saturated heterocycles. The van der Waals surface area contributed by atoms with Crippen LogP contribution in [0.3, 0.4) is 0 Å². The van der Waals surface area contributed by atoms with Crippen molar-refractivity contribution in [1.29, 1.82) is 0 Å². The Hall–Kier alpha value is -18.3. The SMILES string of the molecule is CC1(C)c2ccc(-c3cccc4c3c3ccccc3n4-c3ccccc3)cc2-c2c(-c3nc(-c4ccccc4)nc(-c4ccccc4)n3)cccc21.CC1(C)c2ccc(-c3cccc4c3oc3ccccc34)cc2-c2c(-c3cc(-c4ccccc4)nc(-c4ccccc4)n3)cccc21.CC1(C)c2ccc(-c3cccc4oc5ccccc5c34)cc2-c2c(-c3nc(-c4ccccc4)nc(-c4ccccc4)n3)cccc21. The summed E-state index contributed by atoms with van der Waals surface area (Å²) in [5.41, 5.74) is 39.5. The van der Waals surface area contributed by atoms with Gasteiger partial charge in [-0.3, -0.25) is 0 Å². The standard InChI is InChI=1S/C48H34N4.C43H30N2O.C42H29N3O/c1-48(2)39-29-28-33(35-23-15-27-42-44(35)36-22-12-13-26-41(36)52(42)34-20-10-5-11-21-34)30-38(39)43-37(24-14-25-40(43)48)47-50-45(31-16-6-3-7-17-31)49-46(51-47)32-18-8-4-9-19-32;1-43(2)35-24-23-29(30-18-11-19-32-31-17-9-10-22-39(31)46-41(30)32)25-34(35)40-33(20-12-21-36(40)43)38-26-37(27-13-5-3-6-14-27)44-42(45-38)28-15-7-4-8-16-28;1-42(2)33-24-23-28(29-18-12-22-36-38(29)30-17-9-10-21-35(30)46-36)25-32(33)37-31(19-11-20-34(37)42)41-44-39(26-13-5-3-6-14-26)43-40(45-41)27-15-7-4-8-16-27/h3-30H,1-2H3;3-26H,1-2H3;3-25H,1-2H3. The molecule has 144 heavy (non-hydrogen) atoms. The molecule has 0 atom stereocenters. The van der Waals surface area contributed by atoms with Crippen LogP contribution in [0.2, 0.25) is 0 Å². The summed E-state index contributed by atoms with van der Waals surface area (Å²) in [5.74, 6) is 4.70. The normalized spacial score (nSPS) is 13.1. The lowest BCUT2D eigenvalue weighted by molar-refractivity contribution is 0.660. The van der Waals surface area contributed by atoms with E-state index in [0.717, 1.165) is 139 Å². The first-order valence-electron chi connectivity index (χ1n) is 49.2. The van der Waals surface area contributed by atoms with Gasteiger partial charge in [-0.15, -0.1) is 0 Å². The van der Waals surface area contributed by atoms with Crippen molar-refractivity contribution < 1.29 is 8.83 Å². The zero-order valence-electron chi connectivity index (χ0n) is 80.1. The maximum Gasteiger partial charge on any atom is 0.164 e. The summed E-state index contributed by atoms with van der Waals surface area (Å²) in [4.78, 5) is 40.7. The average molecular weight is 1850 g/mol. The van der Waals surface area contributed by atoms with E-state index < -0.39 is 0 Å². The number of furan rings is 2. The maximum atomic E-state index is 6.45. The van der Waals surface area contributed by atoms with E-state index in [4.69, 9.17) is 48.7 Å². The van der Waals surface area contributed by atoms with Gasteiger partial charge in [-0.25, -0.2) is 39.9 Å². The zero-order chi connectivity index (χ0) is 96.5. The Balaban J connectivity index is 0.000000110. The van der Waals surface area contributed by atoms with Crippen molar-refractivity contribution in [3.05, 3.63) is 488 Å². The third kappa shape index (κ3) is 14.5. The highest BCUT2D eigenvalue weighted by molar-refractivity contribution is 6.17. The number of para-hydroxylation sites is 5. The zero-order valence-corrected chi connectivity index (χ0v) is 80.1. The number of hydrogen-bond donors (Lipinski definition) is 0. The second-order valence-corrected chi connectivity index (χ2v) is 39.1. The van der Waals surface area contributed by atoms with Gasteiger partial charge in [0, 0.05) is 110 Å². The Morgan fingerprint density at radius 2 is 0.514 bits per heavy atom. The van der Waals surface area contributed by atoms with Crippen LogP contribution in [0, 0.1) is 0 Å². The molecule has 28 rings (SSSR count). The fraction of sp³-hybridized carbons (Fsp3) is 0.0677. The number of aromatic nitrogens is 9. The van der Waals surface area contributed by atoms with Gasteiger partial charge in [-0.1, -0.05) is 430 Å². The first kappa shape index (κ1) is 86.0. The minimum atomic E-state index is -0.202. The van der Waals surface area contributed by atoms with Crippen molar-refractivity contribution in [2.24, 2.45) is 0 Å². The summed E-state index contributed by atoms with van der Waals surface area (Å²) in [6.07, 6.45) is 0. The van der Waals surface area contributed by atoms with E-state index in [2.05, 4.69) is 355 Å². The molecule has 0 amide bonds. The largest absolute Gasteiger partial charge is 0.456 e. The van der Waals surface area contributed by atoms with Crippen LogP contribution in [0.1, 0.15) is 74.9 Å². The molecule has 0 saturated carbocycles. The van der Waals surface area contributed by atoms with E-state index in [1.807, 2.05) is 146 Å². The van der Waals surface area contributed by atoms with Crippen LogP contribution in [-0.4, -0.2) is 44.4 Å². The number of hydrogen-bond acceptors (Lipinski definition) is 10. The molecule has 682 valence electrons. The van der Waals surface area contributed by atoms with Crippen LogP contribution >= 0.6 is 0 Å². The second-order valence-electron chi connectivity index (χ2n) is 39.1. The summed E-state index contributed by atoms with van der Waals surface area (Å²) >= 11 is 0. The molecule has 0 radical (unpaired) electrons. The molecule has 6 heterocycles. The van der Waals surface area contributed by atoms with E-state index in [1.165, 1.54) is 99.7 Å². The van der Waals surface area contributed by atoms with Crippen molar-refractivity contribution in [2.75, 3.05) is 0 Å². The third-order valence-electron chi connectivity index (χ3n) is 29.5. The van der Waals surface area contributed by atoms with Gasteiger partial charge in [0.15, 0.2) is 40.8 Å². The third-order valence-corrected chi connectivity index (χ3v) is 29.5. The lowest BCUT2D eigenvalue weighted by Crippen LogP contribution is -2.14. The molecule has 0 aliphatic heterocycles. The van der Waals surface area contributed by atoms with E-state index in [0.29, 0.717) is 34.9 Å². The Morgan fingerprint density at radius 3 is 1.00 bits per heavy atom. The summed E-state index contributed by atoms with van der Waals surface area (Å²) in [6, 6.07) is 160. The Kier molecular flexibility index (Phi) is 20.7. The highest BCUT2D eigenvalue weighted by atomic mass is 16.3. The molecular formula is C133H93N9O2. The molecule has 0 fully saturated rings. The molecule has 3 aliphatic rings. The fourth-order valence-electron chi connectivity index (χ4n) is 22.5. The lowest BCUT2D eigenvalue weighted by atomic mass is 9.82. The minimum absolute atomic E-state index is 0.165. The van der Waals surface area contributed by atoms with Crippen molar-refractivity contribution in [3.8, 4) is 175 Å². The average Bonchev–Trinajstić information content (AvgIpc) is 1.56. The smallest absolute Gasteiger partial charge is 0.164 e. The van der Waals surface area contributed by atoms with Gasteiger partial charge >= 0.3 is 0 Å². The predicted octanol–water partition coefficient (Wildman–Crippen LogP) is 34.0. The molecule has 25 aromatic rings. The van der Waals surface area contributed by atoms with Crippen molar-refractivity contribution in [3.63, 3.8) is 0 Å². The number of fused-ring (bicyclic) bond motifs is 18. The summed E-state index contributed by atoms with van der Waals surface area (Å²) in [7, 11) is 0. The van der Waals surface area contributed by atoms with Crippen molar-refractivity contribution >= 4 is 65.7 Å². The highest BCUT2D eigenvalue weighted by Gasteiger charge is 2.42. The lowest BCUT2D eigenvalue weighted by Gasteiger charge is -2.21. The van der Waals surface area contributed by atoms with Crippen LogP contribution in [0.4, 0.5) is 0 Å². The van der Waals surface area contributed by atoms with Crippen LogP contribution in [0.15, 0.2) is 464 Å². The van der Waals surface area contributed by atoms with Gasteiger partial charge in [0.2, 0.25) is 0 Å². The molecule has 0 bridgehead atoms. The molecule has 11 heteroatoms. The van der Waals surface area contributed by atoms with Gasteiger partial charge in [0.1, 0.15) is 22.3 Å². The Labute approximate surface area is 834 Å². The van der Waals surface area contributed by atoms with E-state index in [-0.39, 0.29) is 16.2 Å². The second kappa shape index (κ2) is 34.6. The maximum absolute atomic E-state index is 6.45. The van der Waals surface area contributed by atoms with Crippen LogP contribution in [0.5, 0.6) is 0 Å². The first-order valence-corrected chi connectivity index (χ1v) is 49.2. The van der Waals surface area contributed by atoms with E-state index >= 15 is 0 Å². The molecule has 3 aliphatic carbocycles. The van der Waals surface area contributed by atoms with Gasteiger partial charge < -0.3 is 13.4 Å². The first-order chi connectivity index (χ1) is 70.7. The van der Waals surface area contributed by atoms with Gasteiger partial charge in [0.25, 0.3) is 0 Å². The van der Waals surface area contributed by atoms with E-state index in [1.54, 1.807) is 0 Å². The van der Waals surface area contributed by atoms with Gasteiger partial charge in [-0.2, -0.15) is 0 Å².